The van der Waals surface area contributed by atoms with Gasteiger partial charge in [-0.25, -0.2) is 0 Å². The molecular weight excluding hydrogens is 428 g/mol. The number of carbonyl (C=O) groups excluding carboxylic acids is 1. The molecule has 170 valence electrons. The minimum absolute atomic E-state index is 0.415. The predicted molar refractivity (Wildman–Crippen MR) is 146 cm³/mol. The van der Waals surface area contributed by atoms with Crippen LogP contribution in [0.25, 0.3) is 38.6 Å². The molecule has 0 saturated heterocycles. The summed E-state index contributed by atoms with van der Waals surface area (Å²) in [6.45, 7) is 2.08. The van der Waals surface area contributed by atoms with Crippen molar-refractivity contribution in [2.24, 2.45) is 5.73 Å². The zero-order valence-electron chi connectivity index (χ0n) is 19.6. The Morgan fingerprint density at radius 1 is 0.600 bits per heavy atom. The Morgan fingerprint density at radius 3 is 1.83 bits per heavy atom. The largest absolute Gasteiger partial charge is 0.366 e. The number of carbonyl (C=O) groups is 1. The molecule has 0 fully saturated rings. The summed E-state index contributed by atoms with van der Waals surface area (Å²) >= 11 is 0. The average molecular weight is 455 g/mol. The minimum atomic E-state index is -0.415. The molecule has 0 radical (unpaired) electrons. The van der Waals surface area contributed by atoms with Gasteiger partial charge in [0.15, 0.2) is 0 Å². The van der Waals surface area contributed by atoms with Crippen molar-refractivity contribution in [1.29, 1.82) is 0 Å². The number of aromatic nitrogens is 1. The SMILES string of the molecule is Cc1ccccc1.NC(=O)c1ccc(-n2c3ccccc3c3cc(-c4ccccc4)ccc32)cc1. The highest BCUT2D eigenvalue weighted by molar-refractivity contribution is 6.10. The van der Waals surface area contributed by atoms with Crippen LogP contribution in [0.2, 0.25) is 0 Å². The van der Waals surface area contributed by atoms with Gasteiger partial charge in [0.05, 0.1) is 11.0 Å². The predicted octanol–water partition coefficient (Wildman–Crippen LogP) is 7.54. The summed E-state index contributed by atoms with van der Waals surface area (Å²) in [6, 6.07) is 43.1. The molecule has 0 saturated carbocycles. The highest BCUT2D eigenvalue weighted by Gasteiger charge is 2.13. The van der Waals surface area contributed by atoms with Gasteiger partial charge >= 0.3 is 0 Å². The Morgan fingerprint density at radius 2 is 1.20 bits per heavy atom. The van der Waals surface area contributed by atoms with Crippen molar-refractivity contribution in [3.05, 3.63) is 139 Å². The van der Waals surface area contributed by atoms with E-state index in [1.165, 1.54) is 27.5 Å². The Hall–Kier alpha value is -4.63. The first-order valence-electron chi connectivity index (χ1n) is 11.6. The van der Waals surface area contributed by atoms with Crippen LogP contribution in [-0.2, 0) is 0 Å². The third-order valence-corrected chi connectivity index (χ3v) is 6.13. The van der Waals surface area contributed by atoms with Gasteiger partial charge in [-0.2, -0.15) is 0 Å². The van der Waals surface area contributed by atoms with Crippen LogP contribution in [0.3, 0.4) is 0 Å². The number of benzene rings is 5. The number of nitrogens with two attached hydrogens (primary N) is 1. The number of aryl methyl sites for hydroxylation is 1. The van der Waals surface area contributed by atoms with E-state index in [1.54, 1.807) is 12.1 Å². The second-order valence-corrected chi connectivity index (χ2v) is 8.52. The van der Waals surface area contributed by atoms with Crippen molar-refractivity contribution >= 4 is 27.7 Å². The van der Waals surface area contributed by atoms with Crippen molar-refractivity contribution in [1.82, 2.24) is 4.57 Å². The highest BCUT2D eigenvalue weighted by Crippen LogP contribution is 2.34. The standard InChI is InChI=1S/C25H18N2O.C7H8/c26-25(28)18-10-13-20(14-11-18)27-23-9-5-4-8-21(23)22-16-19(12-15-24(22)27)17-6-2-1-3-7-17;1-7-5-3-2-4-6-7/h1-16H,(H2,26,28);2-6H,1H3. The first-order chi connectivity index (χ1) is 17.1. The van der Waals surface area contributed by atoms with Gasteiger partial charge in [0.25, 0.3) is 0 Å². The molecule has 6 aromatic rings. The van der Waals surface area contributed by atoms with Crippen LogP contribution in [0.4, 0.5) is 0 Å². The molecule has 3 heteroatoms. The molecule has 0 aliphatic rings. The molecule has 6 rings (SSSR count). The van der Waals surface area contributed by atoms with E-state index < -0.39 is 5.91 Å². The van der Waals surface area contributed by atoms with E-state index in [9.17, 15) is 4.79 Å². The highest BCUT2D eigenvalue weighted by atomic mass is 16.1. The second kappa shape index (κ2) is 9.70. The third kappa shape index (κ3) is 4.57. The molecule has 0 spiro atoms. The number of hydrogen-bond donors (Lipinski definition) is 1. The van der Waals surface area contributed by atoms with Gasteiger partial charge in [-0.1, -0.05) is 90.5 Å². The number of fused-ring (bicyclic) bond motifs is 3. The minimum Gasteiger partial charge on any atom is -0.366 e. The average Bonchev–Trinajstić information content (AvgIpc) is 3.24. The van der Waals surface area contributed by atoms with Gasteiger partial charge in [-0.05, 0) is 60.5 Å². The first-order valence-corrected chi connectivity index (χ1v) is 11.6. The molecule has 0 unspecified atom stereocenters. The van der Waals surface area contributed by atoms with Gasteiger partial charge in [-0.15, -0.1) is 0 Å². The molecule has 1 heterocycles. The van der Waals surface area contributed by atoms with E-state index >= 15 is 0 Å². The maximum atomic E-state index is 11.4. The second-order valence-electron chi connectivity index (χ2n) is 8.52. The summed E-state index contributed by atoms with van der Waals surface area (Å²) in [7, 11) is 0. The molecule has 3 nitrogen and oxygen atoms in total. The van der Waals surface area contributed by atoms with Gasteiger partial charge in [0.2, 0.25) is 5.91 Å². The summed E-state index contributed by atoms with van der Waals surface area (Å²) < 4.78 is 2.23. The van der Waals surface area contributed by atoms with E-state index in [4.69, 9.17) is 5.73 Å². The Kier molecular flexibility index (Phi) is 6.15. The Labute approximate surface area is 205 Å². The number of primary amides is 1. The molecular formula is C32H26N2O. The molecule has 0 bridgehead atoms. The number of nitrogens with zero attached hydrogens (tertiary/aromatic N) is 1. The summed E-state index contributed by atoms with van der Waals surface area (Å²) in [5.74, 6) is -0.415. The first kappa shape index (κ1) is 22.2. The van der Waals surface area contributed by atoms with Gasteiger partial charge < -0.3 is 10.3 Å². The molecule has 35 heavy (non-hydrogen) atoms. The van der Waals surface area contributed by atoms with E-state index in [2.05, 4.69) is 84.3 Å². The maximum Gasteiger partial charge on any atom is 0.248 e. The molecule has 0 aliphatic heterocycles. The van der Waals surface area contributed by atoms with Crippen LogP contribution in [0.1, 0.15) is 15.9 Å². The van der Waals surface area contributed by atoms with E-state index in [-0.39, 0.29) is 0 Å². The van der Waals surface area contributed by atoms with Crippen LogP contribution in [0.15, 0.2) is 127 Å². The lowest BCUT2D eigenvalue weighted by Crippen LogP contribution is -2.10. The summed E-state index contributed by atoms with van der Waals surface area (Å²) in [6.07, 6.45) is 0. The van der Waals surface area contributed by atoms with Crippen molar-refractivity contribution < 1.29 is 4.79 Å². The summed E-state index contributed by atoms with van der Waals surface area (Å²) in [5, 5.41) is 2.41. The number of para-hydroxylation sites is 1. The molecule has 5 aromatic carbocycles. The smallest absolute Gasteiger partial charge is 0.248 e. The number of hydrogen-bond acceptors (Lipinski definition) is 1. The maximum absolute atomic E-state index is 11.4. The van der Waals surface area contributed by atoms with Crippen LogP contribution in [0, 0.1) is 6.92 Å². The monoisotopic (exact) mass is 454 g/mol. The quantitative estimate of drug-likeness (QED) is 0.295. The molecule has 2 N–H and O–H groups in total. The zero-order chi connectivity index (χ0) is 24.2. The summed E-state index contributed by atoms with van der Waals surface area (Å²) in [4.78, 5) is 11.4. The fourth-order valence-electron chi connectivity index (χ4n) is 4.37. The van der Waals surface area contributed by atoms with Crippen LogP contribution in [0.5, 0.6) is 0 Å². The van der Waals surface area contributed by atoms with Crippen LogP contribution in [-0.4, -0.2) is 10.5 Å². The van der Waals surface area contributed by atoms with E-state index in [0.717, 1.165) is 16.7 Å². The van der Waals surface area contributed by atoms with Crippen LogP contribution >= 0.6 is 0 Å². The summed E-state index contributed by atoms with van der Waals surface area (Å²) in [5.41, 5.74) is 12.9. The van der Waals surface area contributed by atoms with Gasteiger partial charge in [-0.3, -0.25) is 4.79 Å². The van der Waals surface area contributed by atoms with Crippen molar-refractivity contribution in [3.63, 3.8) is 0 Å². The zero-order valence-corrected chi connectivity index (χ0v) is 19.6. The fourth-order valence-corrected chi connectivity index (χ4v) is 4.37. The molecule has 1 aromatic heterocycles. The van der Waals surface area contributed by atoms with Gasteiger partial charge in [0, 0.05) is 22.0 Å². The lowest BCUT2D eigenvalue weighted by Gasteiger charge is -2.09. The lowest BCUT2D eigenvalue weighted by molar-refractivity contribution is 0.100. The van der Waals surface area contributed by atoms with Crippen molar-refractivity contribution in [2.45, 2.75) is 6.92 Å². The van der Waals surface area contributed by atoms with E-state index in [0.29, 0.717) is 5.56 Å². The normalized spacial score (nSPS) is 10.7. The Balaban J connectivity index is 0.000000313. The number of rotatable bonds is 3. The lowest BCUT2D eigenvalue weighted by atomic mass is 10.0. The molecule has 0 atom stereocenters. The molecule has 0 aliphatic carbocycles. The van der Waals surface area contributed by atoms with Crippen molar-refractivity contribution in [3.8, 4) is 16.8 Å². The number of amides is 1. The third-order valence-electron chi connectivity index (χ3n) is 6.13. The van der Waals surface area contributed by atoms with Crippen LogP contribution < -0.4 is 5.73 Å². The van der Waals surface area contributed by atoms with Crippen molar-refractivity contribution in [2.75, 3.05) is 0 Å². The molecule has 1 amide bonds. The fraction of sp³-hybridized carbons (Fsp3) is 0.0312. The Bertz CT molecular complexity index is 1600. The topological polar surface area (TPSA) is 48.0 Å². The van der Waals surface area contributed by atoms with E-state index in [1.807, 2.05) is 42.5 Å². The van der Waals surface area contributed by atoms with Gasteiger partial charge in [0.1, 0.15) is 0 Å².